The zero-order chi connectivity index (χ0) is 17.6. The Morgan fingerprint density at radius 2 is 1.84 bits per heavy atom. The van der Waals surface area contributed by atoms with E-state index in [1.807, 2.05) is 48.5 Å². The third-order valence-corrected chi connectivity index (χ3v) is 5.24. The normalized spacial score (nSPS) is 18.0. The van der Waals surface area contributed by atoms with E-state index in [2.05, 4.69) is 4.90 Å². The molecule has 1 aliphatic rings. The van der Waals surface area contributed by atoms with Crippen LogP contribution in [0.4, 0.5) is 5.69 Å². The van der Waals surface area contributed by atoms with Crippen LogP contribution in [0.1, 0.15) is 49.3 Å². The van der Waals surface area contributed by atoms with Crippen molar-refractivity contribution in [1.82, 2.24) is 4.90 Å². The number of nitrogen functional groups attached to an aromatic ring is 1. The van der Waals surface area contributed by atoms with E-state index in [1.165, 1.54) is 12.0 Å². The van der Waals surface area contributed by atoms with Gasteiger partial charge in [0.25, 0.3) is 0 Å². The van der Waals surface area contributed by atoms with Gasteiger partial charge < -0.3 is 10.6 Å². The lowest BCUT2D eigenvalue weighted by atomic mass is 10.00. The standard InChI is InChI=1S/C21H25ClN2O/c22-18-12-9-17(10-13-18)20-8-2-1-5-15-24(20)21(25)14-11-16-6-3-4-7-19(16)23/h3-4,6-7,9-10,12-13,20H,1-2,5,8,11,14-15,23H2. The van der Waals surface area contributed by atoms with E-state index in [9.17, 15) is 4.79 Å². The van der Waals surface area contributed by atoms with Crippen molar-refractivity contribution in [3.05, 3.63) is 64.7 Å². The van der Waals surface area contributed by atoms with Gasteiger partial charge in [0, 0.05) is 23.7 Å². The minimum atomic E-state index is 0.153. The number of para-hydroxylation sites is 1. The third-order valence-electron chi connectivity index (χ3n) is 4.99. The smallest absolute Gasteiger partial charge is 0.223 e. The van der Waals surface area contributed by atoms with E-state index in [-0.39, 0.29) is 11.9 Å². The summed E-state index contributed by atoms with van der Waals surface area (Å²) < 4.78 is 0. The molecule has 2 N–H and O–H groups in total. The summed E-state index contributed by atoms with van der Waals surface area (Å²) >= 11 is 6.02. The van der Waals surface area contributed by atoms with Gasteiger partial charge >= 0.3 is 0 Å². The molecule has 3 nitrogen and oxygen atoms in total. The first kappa shape index (κ1) is 17.8. The number of hydrogen-bond donors (Lipinski definition) is 1. The van der Waals surface area contributed by atoms with Crippen LogP contribution in [-0.4, -0.2) is 17.4 Å². The van der Waals surface area contributed by atoms with Crippen LogP contribution in [-0.2, 0) is 11.2 Å². The topological polar surface area (TPSA) is 46.3 Å². The molecule has 3 rings (SSSR count). The van der Waals surface area contributed by atoms with Gasteiger partial charge in [0.15, 0.2) is 0 Å². The number of anilines is 1. The second kappa shape index (κ2) is 8.39. The molecule has 0 aromatic heterocycles. The van der Waals surface area contributed by atoms with E-state index in [4.69, 9.17) is 17.3 Å². The SMILES string of the molecule is Nc1ccccc1CCC(=O)N1CCCCCC1c1ccc(Cl)cc1. The lowest BCUT2D eigenvalue weighted by Crippen LogP contribution is -2.35. The fourth-order valence-corrected chi connectivity index (χ4v) is 3.71. The van der Waals surface area contributed by atoms with Crippen LogP contribution in [0, 0.1) is 0 Å². The maximum Gasteiger partial charge on any atom is 0.223 e. The van der Waals surface area contributed by atoms with Gasteiger partial charge in [-0.15, -0.1) is 0 Å². The van der Waals surface area contributed by atoms with Gasteiger partial charge in [-0.2, -0.15) is 0 Å². The Kier molecular flexibility index (Phi) is 5.98. The van der Waals surface area contributed by atoms with Gasteiger partial charge in [0.1, 0.15) is 0 Å². The molecule has 2 aromatic rings. The van der Waals surface area contributed by atoms with Crippen LogP contribution in [0.3, 0.4) is 0 Å². The van der Waals surface area contributed by atoms with Crippen molar-refractivity contribution in [2.24, 2.45) is 0 Å². The highest BCUT2D eigenvalue weighted by Crippen LogP contribution is 2.31. The summed E-state index contributed by atoms with van der Waals surface area (Å²) in [6, 6.07) is 15.9. The van der Waals surface area contributed by atoms with E-state index in [0.29, 0.717) is 12.8 Å². The van der Waals surface area contributed by atoms with E-state index in [0.717, 1.165) is 42.1 Å². The van der Waals surface area contributed by atoms with Crippen LogP contribution in [0.5, 0.6) is 0 Å². The molecule has 0 bridgehead atoms. The van der Waals surface area contributed by atoms with Crippen LogP contribution < -0.4 is 5.73 Å². The average Bonchev–Trinajstić information content (AvgIpc) is 2.87. The van der Waals surface area contributed by atoms with Crippen molar-refractivity contribution in [3.63, 3.8) is 0 Å². The first-order valence-electron chi connectivity index (χ1n) is 9.03. The van der Waals surface area contributed by atoms with Gasteiger partial charge in [-0.3, -0.25) is 4.79 Å². The molecule has 0 aliphatic carbocycles. The van der Waals surface area contributed by atoms with E-state index >= 15 is 0 Å². The number of halogens is 1. The maximum atomic E-state index is 12.9. The number of hydrogen-bond acceptors (Lipinski definition) is 2. The van der Waals surface area contributed by atoms with Crippen molar-refractivity contribution < 1.29 is 4.79 Å². The molecular formula is C21H25ClN2O. The fraction of sp³-hybridized carbons (Fsp3) is 0.381. The van der Waals surface area contributed by atoms with Crippen molar-refractivity contribution >= 4 is 23.2 Å². The molecule has 1 unspecified atom stereocenters. The Labute approximate surface area is 154 Å². The zero-order valence-corrected chi connectivity index (χ0v) is 15.2. The minimum absolute atomic E-state index is 0.153. The van der Waals surface area contributed by atoms with E-state index in [1.54, 1.807) is 0 Å². The number of carbonyl (C=O) groups excluding carboxylic acids is 1. The molecular weight excluding hydrogens is 332 g/mol. The molecule has 132 valence electrons. The largest absolute Gasteiger partial charge is 0.399 e. The highest BCUT2D eigenvalue weighted by atomic mass is 35.5. The van der Waals surface area contributed by atoms with Gasteiger partial charge in [-0.25, -0.2) is 0 Å². The Bertz CT molecular complexity index is 714. The van der Waals surface area contributed by atoms with Crippen molar-refractivity contribution in [3.8, 4) is 0 Å². The summed E-state index contributed by atoms with van der Waals surface area (Å²) in [6.07, 6.45) is 5.61. The van der Waals surface area contributed by atoms with Gasteiger partial charge in [-0.1, -0.05) is 54.8 Å². The molecule has 1 aliphatic heterocycles. The van der Waals surface area contributed by atoms with Crippen LogP contribution in [0.15, 0.2) is 48.5 Å². The van der Waals surface area contributed by atoms with Crippen LogP contribution >= 0.6 is 11.6 Å². The molecule has 0 saturated carbocycles. The molecule has 1 amide bonds. The molecule has 1 heterocycles. The summed E-state index contributed by atoms with van der Waals surface area (Å²) in [7, 11) is 0. The Morgan fingerprint density at radius 3 is 2.60 bits per heavy atom. The number of rotatable bonds is 4. The summed E-state index contributed by atoms with van der Waals surface area (Å²) in [5, 5.41) is 0.731. The highest BCUT2D eigenvalue weighted by Gasteiger charge is 2.26. The monoisotopic (exact) mass is 356 g/mol. The predicted octanol–water partition coefficient (Wildman–Crippen LogP) is 5.00. The molecule has 25 heavy (non-hydrogen) atoms. The molecule has 0 spiro atoms. The van der Waals surface area contributed by atoms with Crippen molar-refractivity contribution in [2.45, 2.75) is 44.6 Å². The van der Waals surface area contributed by atoms with E-state index < -0.39 is 0 Å². The summed E-state index contributed by atoms with van der Waals surface area (Å²) in [6.45, 7) is 0.830. The number of aryl methyl sites for hydroxylation is 1. The summed E-state index contributed by atoms with van der Waals surface area (Å²) in [4.78, 5) is 15.0. The second-order valence-corrected chi connectivity index (χ2v) is 7.14. The first-order valence-corrected chi connectivity index (χ1v) is 9.41. The van der Waals surface area contributed by atoms with Gasteiger partial charge in [0.2, 0.25) is 5.91 Å². The average molecular weight is 357 g/mol. The fourth-order valence-electron chi connectivity index (χ4n) is 3.59. The molecule has 4 heteroatoms. The number of nitrogens with two attached hydrogens (primary N) is 1. The number of carbonyl (C=O) groups is 1. The summed E-state index contributed by atoms with van der Waals surface area (Å²) in [5.74, 6) is 0.213. The van der Waals surface area contributed by atoms with Crippen molar-refractivity contribution in [2.75, 3.05) is 12.3 Å². The molecule has 1 atom stereocenters. The maximum absolute atomic E-state index is 12.9. The Morgan fingerprint density at radius 1 is 1.08 bits per heavy atom. The summed E-state index contributed by atoms with van der Waals surface area (Å²) in [5.41, 5.74) is 9.00. The van der Waals surface area contributed by atoms with Crippen LogP contribution in [0.25, 0.3) is 0 Å². The number of amides is 1. The number of benzene rings is 2. The molecule has 1 fully saturated rings. The molecule has 2 aromatic carbocycles. The Hall–Kier alpha value is -2.00. The zero-order valence-electron chi connectivity index (χ0n) is 14.5. The number of nitrogens with zero attached hydrogens (tertiary/aromatic N) is 1. The third kappa shape index (κ3) is 4.55. The highest BCUT2D eigenvalue weighted by molar-refractivity contribution is 6.30. The quantitative estimate of drug-likeness (QED) is 0.783. The minimum Gasteiger partial charge on any atom is -0.399 e. The second-order valence-electron chi connectivity index (χ2n) is 6.70. The molecule has 1 saturated heterocycles. The molecule has 0 radical (unpaired) electrons. The van der Waals surface area contributed by atoms with Gasteiger partial charge in [0.05, 0.1) is 6.04 Å². The lowest BCUT2D eigenvalue weighted by molar-refractivity contribution is -0.133. The van der Waals surface area contributed by atoms with Crippen LogP contribution in [0.2, 0.25) is 5.02 Å². The first-order chi connectivity index (χ1) is 12.1. The predicted molar refractivity (Wildman–Crippen MR) is 104 cm³/mol. The Balaban J connectivity index is 1.73. The van der Waals surface area contributed by atoms with Crippen molar-refractivity contribution in [1.29, 1.82) is 0 Å². The van der Waals surface area contributed by atoms with Gasteiger partial charge in [-0.05, 0) is 48.6 Å². The number of likely N-dealkylation sites (tertiary alicyclic amines) is 1. The lowest BCUT2D eigenvalue weighted by Gasteiger charge is -2.31.